The minimum Gasteiger partial charge on any atom is -0.0627 e. The second-order valence-electron chi connectivity index (χ2n) is 7.36. The third kappa shape index (κ3) is 1.78. The SMILES string of the molecule is C[Si]1(C)c2ccccc2[Si]2(CCCCC2)c2ccccc21. The molecule has 2 aliphatic heterocycles. The van der Waals surface area contributed by atoms with Gasteiger partial charge in [-0.1, -0.05) is 102 Å². The van der Waals surface area contributed by atoms with E-state index in [-0.39, 0.29) is 0 Å². The highest BCUT2D eigenvalue weighted by Crippen LogP contribution is 2.30. The Morgan fingerprint density at radius 1 is 0.619 bits per heavy atom. The number of hydrogen-bond donors (Lipinski definition) is 0. The predicted molar refractivity (Wildman–Crippen MR) is 98.1 cm³/mol. The van der Waals surface area contributed by atoms with Gasteiger partial charge >= 0.3 is 0 Å². The first-order chi connectivity index (χ1) is 10.2. The van der Waals surface area contributed by atoms with Crippen molar-refractivity contribution < 1.29 is 0 Å². The molecule has 2 heteroatoms. The van der Waals surface area contributed by atoms with Crippen molar-refractivity contribution in [2.24, 2.45) is 0 Å². The van der Waals surface area contributed by atoms with E-state index < -0.39 is 16.1 Å². The van der Waals surface area contributed by atoms with Crippen LogP contribution in [-0.4, -0.2) is 16.1 Å². The van der Waals surface area contributed by atoms with Gasteiger partial charge in [0.2, 0.25) is 0 Å². The fraction of sp³-hybridized carbons (Fsp3) is 0.368. The molecular weight excluding hydrogens is 284 g/mol. The summed E-state index contributed by atoms with van der Waals surface area (Å²) in [4.78, 5) is 0. The van der Waals surface area contributed by atoms with E-state index in [0.717, 1.165) is 0 Å². The smallest absolute Gasteiger partial charge is 0.0627 e. The Morgan fingerprint density at radius 2 is 1.05 bits per heavy atom. The van der Waals surface area contributed by atoms with E-state index in [1.807, 2.05) is 0 Å². The lowest BCUT2D eigenvalue weighted by molar-refractivity contribution is 0.720. The first-order valence-electron chi connectivity index (χ1n) is 8.36. The monoisotopic (exact) mass is 308 g/mol. The molecule has 1 saturated heterocycles. The zero-order valence-corrected chi connectivity index (χ0v) is 15.2. The van der Waals surface area contributed by atoms with E-state index in [1.165, 1.54) is 31.4 Å². The van der Waals surface area contributed by atoms with Crippen LogP contribution in [0.4, 0.5) is 0 Å². The number of benzene rings is 2. The van der Waals surface area contributed by atoms with Gasteiger partial charge in [-0.25, -0.2) is 0 Å². The summed E-state index contributed by atoms with van der Waals surface area (Å²) in [5.41, 5.74) is 0. The quantitative estimate of drug-likeness (QED) is 0.656. The van der Waals surface area contributed by atoms with Gasteiger partial charge in [0.1, 0.15) is 16.1 Å². The average molecular weight is 309 g/mol. The molecule has 0 saturated carbocycles. The van der Waals surface area contributed by atoms with Crippen molar-refractivity contribution in [3.05, 3.63) is 48.5 Å². The first kappa shape index (κ1) is 13.5. The highest BCUT2D eigenvalue weighted by atomic mass is 28.3. The molecule has 0 N–H and O–H groups in total. The Hall–Kier alpha value is -1.13. The van der Waals surface area contributed by atoms with Crippen molar-refractivity contribution in [2.45, 2.75) is 44.4 Å². The number of rotatable bonds is 0. The second-order valence-corrected chi connectivity index (χ2v) is 15.9. The third-order valence-electron chi connectivity index (χ3n) is 5.94. The molecule has 2 aromatic carbocycles. The number of fused-ring (bicyclic) bond motifs is 4. The lowest BCUT2D eigenvalue weighted by Gasteiger charge is -2.47. The summed E-state index contributed by atoms with van der Waals surface area (Å²) in [6.45, 7) is 5.10. The lowest BCUT2D eigenvalue weighted by Crippen LogP contribution is -2.79. The van der Waals surface area contributed by atoms with Crippen LogP contribution in [0.3, 0.4) is 0 Å². The molecule has 0 unspecified atom stereocenters. The Balaban J connectivity index is 2.06. The van der Waals surface area contributed by atoms with Gasteiger partial charge in [0, 0.05) is 0 Å². The van der Waals surface area contributed by atoms with Crippen LogP contribution in [-0.2, 0) is 0 Å². The standard InChI is InChI=1S/C19H24Si2/c1-20(2)16-10-4-6-12-18(16)21(14-8-3-9-15-21)19-13-7-5-11-17(19)20/h4-7,10-13H,3,8-9,14-15H2,1-2H3. The first-order valence-corrected chi connectivity index (χ1v) is 13.8. The molecule has 108 valence electrons. The topological polar surface area (TPSA) is 0 Å². The van der Waals surface area contributed by atoms with Crippen molar-refractivity contribution in [3.8, 4) is 0 Å². The summed E-state index contributed by atoms with van der Waals surface area (Å²) < 4.78 is 0. The third-order valence-corrected chi connectivity index (χ3v) is 15.4. The summed E-state index contributed by atoms with van der Waals surface area (Å²) in [5, 5.41) is 7.11. The van der Waals surface area contributed by atoms with Gasteiger partial charge in [-0.05, 0) is 12.1 Å². The van der Waals surface area contributed by atoms with Crippen LogP contribution >= 0.6 is 0 Å². The van der Waals surface area contributed by atoms with Crippen LogP contribution in [0.2, 0.25) is 25.2 Å². The van der Waals surface area contributed by atoms with Gasteiger partial charge in [-0.15, -0.1) is 0 Å². The van der Waals surface area contributed by atoms with E-state index in [9.17, 15) is 0 Å². The Kier molecular flexibility index (Phi) is 3.02. The van der Waals surface area contributed by atoms with Gasteiger partial charge in [0.05, 0.1) is 0 Å². The molecule has 0 nitrogen and oxygen atoms in total. The van der Waals surface area contributed by atoms with Crippen molar-refractivity contribution in [1.29, 1.82) is 0 Å². The van der Waals surface area contributed by atoms with Gasteiger partial charge in [0.15, 0.2) is 0 Å². The molecule has 0 aromatic heterocycles. The summed E-state index contributed by atoms with van der Waals surface area (Å²) in [7, 11) is -2.97. The van der Waals surface area contributed by atoms with Gasteiger partial charge < -0.3 is 0 Å². The normalized spacial score (nSPS) is 21.6. The largest absolute Gasteiger partial charge is 0.117 e. The van der Waals surface area contributed by atoms with E-state index in [4.69, 9.17) is 0 Å². The minimum atomic E-state index is -1.51. The molecule has 2 heterocycles. The van der Waals surface area contributed by atoms with Crippen LogP contribution < -0.4 is 20.7 Å². The van der Waals surface area contributed by atoms with Gasteiger partial charge in [0.25, 0.3) is 0 Å². The summed E-state index contributed by atoms with van der Waals surface area (Å²) in [6, 6.07) is 22.0. The molecule has 21 heavy (non-hydrogen) atoms. The Bertz CT molecular complexity index is 630. The highest BCUT2D eigenvalue weighted by molar-refractivity contribution is 7.17. The molecule has 0 bridgehead atoms. The minimum absolute atomic E-state index is 1.44. The maximum absolute atomic E-state index is 2.55. The van der Waals surface area contributed by atoms with E-state index in [1.54, 1.807) is 20.7 Å². The summed E-state index contributed by atoms with van der Waals surface area (Å²) in [5.74, 6) is 0. The van der Waals surface area contributed by atoms with Crippen LogP contribution in [0.15, 0.2) is 48.5 Å². The molecule has 0 radical (unpaired) electrons. The Labute approximate surface area is 130 Å². The van der Waals surface area contributed by atoms with Crippen LogP contribution in [0.25, 0.3) is 0 Å². The van der Waals surface area contributed by atoms with Crippen molar-refractivity contribution in [3.63, 3.8) is 0 Å². The highest BCUT2D eigenvalue weighted by Gasteiger charge is 2.48. The summed E-state index contributed by atoms with van der Waals surface area (Å²) >= 11 is 0. The molecule has 0 amide bonds. The molecule has 2 aromatic rings. The van der Waals surface area contributed by atoms with E-state index in [2.05, 4.69) is 61.6 Å². The van der Waals surface area contributed by atoms with Gasteiger partial charge in [-0.3, -0.25) is 0 Å². The number of hydrogen-bond acceptors (Lipinski definition) is 0. The maximum Gasteiger partial charge on any atom is 0.117 e. The van der Waals surface area contributed by atoms with Crippen molar-refractivity contribution in [2.75, 3.05) is 0 Å². The van der Waals surface area contributed by atoms with Crippen LogP contribution in [0.1, 0.15) is 19.3 Å². The Morgan fingerprint density at radius 3 is 1.52 bits per heavy atom. The lowest BCUT2D eigenvalue weighted by atomic mass is 10.3. The molecule has 1 fully saturated rings. The van der Waals surface area contributed by atoms with E-state index >= 15 is 0 Å². The fourth-order valence-corrected chi connectivity index (χ4v) is 16.4. The average Bonchev–Trinajstić information content (AvgIpc) is 2.55. The molecule has 1 spiro atoms. The second kappa shape index (κ2) is 4.69. The zero-order chi connectivity index (χ0) is 14.5. The predicted octanol–water partition coefficient (Wildman–Crippen LogP) is 2.57. The molecule has 0 aliphatic carbocycles. The zero-order valence-electron chi connectivity index (χ0n) is 13.2. The van der Waals surface area contributed by atoms with Crippen molar-refractivity contribution in [1.82, 2.24) is 0 Å². The maximum atomic E-state index is 2.55. The molecular formula is C19H24Si2. The van der Waals surface area contributed by atoms with Crippen molar-refractivity contribution >= 4 is 36.9 Å². The van der Waals surface area contributed by atoms with Crippen LogP contribution in [0.5, 0.6) is 0 Å². The fourth-order valence-electron chi connectivity index (χ4n) is 4.88. The molecule has 2 aliphatic rings. The van der Waals surface area contributed by atoms with E-state index in [0.29, 0.717) is 0 Å². The van der Waals surface area contributed by atoms with Gasteiger partial charge in [-0.2, -0.15) is 0 Å². The molecule has 4 rings (SSSR count). The van der Waals surface area contributed by atoms with Crippen LogP contribution in [0, 0.1) is 0 Å². The summed E-state index contributed by atoms with van der Waals surface area (Å²) in [6.07, 6.45) is 4.33. The molecule has 0 atom stereocenters.